The third kappa shape index (κ3) is 5.60. The van der Waals surface area contributed by atoms with E-state index in [2.05, 4.69) is 52.1 Å². The summed E-state index contributed by atoms with van der Waals surface area (Å²) in [6.07, 6.45) is 1.08. The molecule has 0 aliphatic heterocycles. The minimum atomic E-state index is -4.31. The van der Waals surface area contributed by atoms with E-state index < -0.39 is 11.7 Å². The van der Waals surface area contributed by atoms with Gasteiger partial charge in [-0.1, -0.05) is 42.5 Å². The first-order valence-electron chi connectivity index (χ1n) is 10.7. The Balaban J connectivity index is 1.80. The molecule has 2 aromatic carbocycles. The summed E-state index contributed by atoms with van der Waals surface area (Å²) >= 11 is 1.67. The molecule has 0 saturated heterocycles. The van der Waals surface area contributed by atoms with Crippen molar-refractivity contribution < 1.29 is 13.2 Å². The molecule has 0 spiro atoms. The smallest absolute Gasteiger partial charge is 0.166 e. The third-order valence-corrected chi connectivity index (χ3v) is 7.31. The molecule has 0 amide bonds. The van der Waals surface area contributed by atoms with Crippen LogP contribution < -0.4 is 0 Å². The number of benzene rings is 2. The van der Waals surface area contributed by atoms with Crippen molar-refractivity contribution in [1.29, 1.82) is 0 Å². The molecule has 0 fully saturated rings. The normalized spacial score (nSPS) is 11.6. The fourth-order valence-electron chi connectivity index (χ4n) is 3.92. The number of alkyl halides is 3. The molecule has 0 N–H and O–H groups in total. The second kappa shape index (κ2) is 9.91. The number of aryl methyl sites for hydroxylation is 4. The van der Waals surface area contributed by atoms with Crippen molar-refractivity contribution in [1.82, 2.24) is 0 Å². The van der Waals surface area contributed by atoms with Crippen LogP contribution in [0.1, 0.15) is 44.7 Å². The van der Waals surface area contributed by atoms with Crippen molar-refractivity contribution in [3.63, 3.8) is 0 Å². The first-order chi connectivity index (χ1) is 15.1. The highest BCUT2D eigenvalue weighted by Crippen LogP contribution is 2.35. The summed E-state index contributed by atoms with van der Waals surface area (Å²) in [6.45, 7) is 14.4. The average molecular weight is 455 g/mol. The molecule has 0 aliphatic carbocycles. The second-order valence-electron chi connectivity index (χ2n) is 8.36. The van der Waals surface area contributed by atoms with Crippen LogP contribution in [0.15, 0.2) is 67.3 Å². The SMILES string of the molecule is C=CCC(=C)Cc1c(CCc2sc(-c3ccc(C(F)(F)F)cc3)cc2C)ccc(C)c1C. The van der Waals surface area contributed by atoms with Gasteiger partial charge < -0.3 is 0 Å². The number of rotatable bonds is 8. The fourth-order valence-corrected chi connectivity index (χ4v) is 5.10. The zero-order valence-corrected chi connectivity index (χ0v) is 19.7. The molecule has 3 rings (SSSR count). The van der Waals surface area contributed by atoms with Gasteiger partial charge in [-0.15, -0.1) is 17.9 Å². The van der Waals surface area contributed by atoms with E-state index in [-0.39, 0.29) is 0 Å². The summed E-state index contributed by atoms with van der Waals surface area (Å²) in [5, 5.41) is 0. The van der Waals surface area contributed by atoms with Gasteiger partial charge in [-0.2, -0.15) is 13.2 Å². The zero-order valence-electron chi connectivity index (χ0n) is 18.9. The molecule has 0 bridgehead atoms. The van der Waals surface area contributed by atoms with E-state index in [4.69, 9.17) is 0 Å². The van der Waals surface area contributed by atoms with E-state index in [0.29, 0.717) is 0 Å². The van der Waals surface area contributed by atoms with Gasteiger partial charge in [-0.25, -0.2) is 0 Å². The maximum atomic E-state index is 12.9. The minimum Gasteiger partial charge on any atom is -0.166 e. The Kier molecular flexibility index (Phi) is 7.45. The summed E-state index contributed by atoms with van der Waals surface area (Å²) in [4.78, 5) is 2.28. The monoisotopic (exact) mass is 454 g/mol. The lowest BCUT2D eigenvalue weighted by molar-refractivity contribution is -0.137. The fraction of sp³-hybridized carbons (Fsp3) is 0.286. The lowest BCUT2D eigenvalue weighted by Crippen LogP contribution is -2.03. The van der Waals surface area contributed by atoms with Gasteiger partial charge in [0.2, 0.25) is 0 Å². The lowest BCUT2D eigenvalue weighted by atomic mass is 9.90. The van der Waals surface area contributed by atoms with E-state index >= 15 is 0 Å². The highest BCUT2D eigenvalue weighted by Gasteiger charge is 2.30. The lowest BCUT2D eigenvalue weighted by Gasteiger charge is -2.16. The summed E-state index contributed by atoms with van der Waals surface area (Å²) in [7, 11) is 0. The predicted octanol–water partition coefficient (Wildman–Crippen LogP) is 8.82. The molecule has 0 radical (unpaired) electrons. The molecule has 0 unspecified atom stereocenters. The van der Waals surface area contributed by atoms with Crippen LogP contribution >= 0.6 is 11.3 Å². The van der Waals surface area contributed by atoms with Crippen molar-refractivity contribution in [3.8, 4) is 10.4 Å². The second-order valence-corrected chi connectivity index (χ2v) is 9.49. The Bertz CT molecular complexity index is 1110. The van der Waals surface area contributed by atoms with E-state index in [1.807, 2.05) is 6.08 Å². The first-order valence-corrected chi connectivity index (χ1v) is 11.5. The highest BCUT2D eigenvalue weighted by atomic mass is 32.1. The molecular weight excluding hydrogens is 425 g/mol. The van der Waals surface area contributed by atoms with Gasteiger partial charge in [0.1, 0.15) is 0 Å². The molecule has 0 saturated carbocycles. The predicted molar refractivity (Wildman–Crippen MR) is 130 cm³/mol. The molecule has 1 aromatic heterocycles. The number of allylic oxidation sites excluding steroid dienone is 2. The van der Waals surface area contributed by atoms with Gasteiger partial charge in [-0.3, -0.25) is 0 Å². The number of thiophene rings is 1. The van der Waals surface area contributed by atoms with Crippen molar-refractivity contribution in [3.05, 3.63) is 106 Å². The van der Waals surface area contributed by atoms with Crippen LogP contribution in [0.2, 0.25) is 0 Å². The van der Waals surface area contributed by atoms with Gasteiger partial charge in [0.15, 0.2) is 0 Å². The quantitative estimate of drug-likeness (QED) is 0.298. The van der Waals surface area contributed by atoms with Crippen LogP contribution in [0.3, 0.4) is 0 Å². The van der Waals surface area contributed by atoms with Crippen LogP contribution in [0.5, 0.6) is 0 Å². The van der Waals surface area contributed by atoms with Crippen molar-refractivity contribution in [2.24, 2.45) is 0 Å². The zero-order chi connectivity index (χ0) is 23.5. The Hall–Kier alpha value is -2.59. The average Bonchev–Trinajstić information content (AvgIpc) is 3.11. The Labute approximate surface area is 193 Å². The summed E-state index contributed by atoms with van der Waals surface area (Å²) in [5.41, 5.74) is 7.85. The van der Waals surface area contributed by atoms with E-state index in [1.165, 1.54) is 32.7 Å². The van der Waals surface area contributed by atoms with Crippen LogP contribution in [0.25, 0.3) is 10.4 Å². The van der Waals surface area contributed by atoms with E-state index in [9.17, 15) is 13.2 Å². The van der Waals surface area contributed by atoms with Crippen LogP contribution in [0.4, 0.5) is 13.2 Å². The summed E-state index contributed by atoms with van der Waals surface area (Å²) in [6, 6.07) is 11.9. The highest BCUT2D eigenvalue weighted by molar-refractivity contribution is 7.15. The van der Waals surface area contributed by atoms with Gasteiger partial charge in [-0.05, 0) is 98.0 Å². The van der Waals surface area contributed by atoms with Gasteiger partial charge in [0.25, 0.3) is 0 Å². The molecule has 32 heavy (non-hydrogen) atoms. The Morgan fingerprint density at radius 1 is 0.969 bits per heavy atom. The molecular formula is C28H29F3S. The van der Waals surface area contributed by atoms with E-state index in [0.717, 1.165) is 53.8 Å². The minimum absolute atomic E-state index is 0.616. The molecule has 0 aliphatic rings. The maximum absolute atomic E-state index is 12.9. The molecule has 4 heteroatoms. The third-order valence-electron chi connectivity index (χ3n) is 5.96. The van der Waals surface area contributed by atoms with Crippen molar-refractivity contribution in [2.75, 3.05) is 0 Å². The van der Waals surface area contributed by atoms with Gasteiger partial charge >= 0.3 is 6.18 Å². The number of halogens is 3. The standard InChI is InChI=1S/C28H29F3S/c1-6-7-18(2)16-25-21(5)19(3)8-9-22(25)12-15-26-20(4)17-27(32-26)23-10-13-24(14-11-23)28(29,30)31/h6,8-11,13-14,17H,1-2,7,12,15-16H2,3-5H3. The van der Waals surface area contributed by atoms with Gasteiger partial charge in [0.05, 0.1) is 5.56 Å². The molecule has 0 atom stereocenters. The molecule has 0 nitrogen and oxygen atoms in total. The van der Waals surface area contributed by atoms with Crippen molar-refractivity contribution in [2.45, 2.75) is 52.6 Å². The van der Waals surface area contributed by atoms with E-state index in [1.54, 1.807) is 23.5 Å². The van der Waals surface area contributed by atoms with Crippen molar-refractivity contribution >= 4 is 11.3 Å². The molecule has 3 aromatic rings. The Morgan fingerprint density at radius 2 is 1.66 bits per heavy atom. The molecule has 168 valence electrons. The van der Waals surface area contributed by atoms with Gasteiger partial charge in [0, 0.05) is 9.75 Å². The largest absolute Gasteiger partial charge is 0.416 e. The summed E-state index contributed by atoms with van der Waals surface area (Å²) in [5.74, 6) is 0. The van der Waals surface area contributed by atoms with Crippen LogP contribution in [0, 0.1) is 20.8 Å². The maximum Gasteiger partial charge on any atom is 0.416 e. The molecule has 1 heterocycles. The van der Waals surface area contributed by atoms with Crippen LogP contribution in [-0.4, -0.2) is 0 Å². The number of hydrogen-bond donors (Lipinski definition) is 0. The topological polar surface area (TPSA) is 0 Å². The van der Waals surface area contributed by atoms with Crippen LogP contribution in [-0.2, 0) is 25.4 Å². The summed E-state index contributed by atoms with van der Waals surface area (Å²) < 4.78 is 38.6. The first kappa shape index (κ1) is 24.1. The number of hydrogen-bond acceptors (Lipinski definition) is 1. The Morgan fingerprint density at radius 3 is 2.28 bits per heavy atom.